The van der Waals surface area contributed by atoms with Crippen LogP contribution in [0.4, 0.5) is 5.69 Å². The fraction of sp³-hybridized carbons (Fsp3) is 0.167. The van der Waals surface area contributed by atoms with Crippen LogP contribution in [0.1, 0.15) is 5.56 Å². The van der Waals surface area contributed by atoms with Crippen molar-refractivity contribution in [2.24, 2.45) is 0 Å². The van der Waals surface area contributed by atoms with Crippen molar-refractivity contribution in [1.82, 2.24) is 4.98 Å². The molecule has 2 aromatic carbocycles. The lowest BCUT2D eigenvalue weighted by molar-refractivity contribution is 0.419. The van der Waals surface area contributed by atoms with Crippen molar-refractivity contribution in [3.63, 3.8) is 0 Å². The summed E-state index contributed by atoms with van der Waals surface area (Å²) in [5.41, 5.74) is 2.42. The summed E-state index contributed by atoms with van der Waals surface area (Å²) in [6.07, 6.45) is 0. The second-order valence-corrected chi connectivity index (χ2v) is 5.25. The van der Waals surface area contributed by atoms with Gasteiger partial charge in [-0.1, -0.05) is 42.5 Å². The molecule has 1 heterocycles. The molecule has 4 heteroatoms. The molecule has 3 aromatic rings. The number of para-hydroxylation sites is 1. The summed E-state index contributed by atoms with van der Waals surface area (Å²) in [4.78, 5) is 17.3. The molecule has 4 nitrogen and oxygen atoms in total. The average Bonchev–Trinajstić information content (AvgIpc) is 2.54. The number of pyridine rings is 1. The van der Waals surface area contributed by atoms with Crippen LogP contribution in [0.15, 0.2) is 59.4 Å². The SMILES string of the molecule is COc1cccc2cc(N(C)Cc3ccccc3)c(=O)[nH]c12. The molecule has 3 rings (SSSR count). The molecular weight excluding hydrogens is 276 g/mol. The van der Waals surface area contributed by atoms with Gasteiger partial charge in [-0.05, 0) is 17.7 Å². The Balaban J connectivity index is 2.00. The van der Waals surface area contributed by atoms with E-state index in [1.807, 2.05) is 54.4 Å². The number of hydrogen-bond donors (Lipinski definition) is 1. The van der Waals surface area contributed by atoms with Crippen LogP contribution in [0.5, 0.6) is 5.75 Å². The number of H-pyrrole nitrogens is 1. The fourth-order valence-corrected chi connectivity index (χ4v) is 2.59. The van der Waals surface area contributed by atoms with Crippen molar-refractivity contribution in [2.45, 2.75) is 6.54 Å². The standard InChI is InChI=1S/C18H18N2O2/c1-20(12-13-7-4-3-5-8-13)15-11-14-9-6-10-16(22-2)17(14)19-18(15)21/h3-11H,12H2,1-2H3,(H,19,21). The summed E-state index contributed by atoms with van der Waals surface area (Å²) in [6.45, 7) is 0.680. The zero-order chi connectivity index (χ0) is 15.5. The van der Waals surface area contributed by atoms with Gasteiger partial charge in [-0.2, -0.15) is 0 Å². The quantitative estimate of drug-likeness (QED) is 0.804. The fourth-order valence-electron chi connectivity index (χ4n) is 2.59. The van der Waals surface area contributed by atoms with Gasteiger partial charge in [0.15, 0.2) is 0 Å². The van der Waals surface area contributed by atoms with Crippen molar-refractivity contribution >= 4 is 16.6 Å². The van der Waals surface area contributed by atoms with Gasteiger partial charge in [0.1, 0.15) is 11.4 Å². The highest BCUT2D eigenvalue weighted by Crippen LogP contribution is 2.24. The third-order valence-corrected chi connectivity index (χ3v) is 3.72. The molecule has 0 radical (unpaired) electrons. The van der Waals surface area contributed by atoms with Gasteiger partial charge < -0.3 is 14.6 Å². The molecule has 0 aliphatic heterocycles. The van der Waals surface area contributed by atoms with Crippen LogP contribution in [0.25, 0.3) is 10.9 Å². The summed E-state index contributed by atoms with van der Waals surface area (Å²) in [5, 5.41) is 0.953. The lowest BCUT2D eigenvalue weighted by atomic mass is 10.1. The average molecular weight is 294 g/mol. The minimum atomic E-state index is -0.115. The molecule has 0 aliphatic rings. The highest BCUT2D eigenvalue weighted by atomic mass is 16.5. The van der Waals surface area contributed by atoms with Gasteiger partial charge in [0.2, 0.25) is 0 Å². The van der Waals surface area contributed by atoms with E-state index in [1.54, 1.807) is 7.11 Å². The van der Waals surface area contributed by atoms with E-state index in [4.69, 9.17) is 4.74 Å². The van der Waals surface area contributed by atoms with Gasteiger partial charge in [-0.3, -0.25) is 4.79 Å². The minimum absolute atomic E-state index is 0.115. The molecular formula is C18H18N2O2. The molecule has 0 fully saturated rings. The second-order valence-electron chi connectivity index (χ2n) is 5.25. The molecule has 0 saturated heterocycles. The van der Waals surface area contributed by atoms with Crippen LogP contribution >= 0.6 is 0 Å². The first-order valence-corrected chi connectivity index (χ1v) is 7.14. The number of aromatic amines is 1. The van der Waals surface area contributed by atoms with E-state index in [2.05, 4.69) is 17.1 Å². The van der Waals surface area contributed by atoms with Crippen molar-refractivity contribution in [3.8, 4) is 5.75 Å². The van der Waals surface area contributed by atoms with Gasteiger partial charge in [0, 0.05) is 19.0 Å². The van der Waals surface area contributed by atoms with Crippen molar-refractivity contribution < 1.29 is 4.74 Å². The van der Waals surface area contributed by atoms with Crippen LogP contribution in [0.2, 0.25) is 0 Å². The topological polar surface area (TPSA) is 45.3 Å². The zero-order valence-corrected chi connectivity index (χ0v) is 12.7. The van der Waals surface area contributed by atoms with Gasteiger partial charge in [-0.15, -0.1) is 0 Å². The second kappa shape index (κ2) is 5.93. The lowest BCUT2D eigenvalue weighted by Gasteiger charge is -2.19. The number of aromatic nitrogens is 1. The summed E-state index contributed by atoms with van der Waals surface area (Å²) in [7, 11) is 3.52. The smallest absolute Gasteiger partial charge is 0.272 e. The van der Waals surface area contributed by atoms with E-state index < -0.39 is 0 Å². The molecule has 0 bridgehead atoms. The zero-order valence-electron chi connectivity index (χ0n) is 12.7. The van der Waals surface area contributed by atoms with Gasteiger partial charge >= 0.3 is 0 Å². The minimum Gasteiger partial charge on any atom is -0.495 e. The maximum absolute atomic E-state index is 12.4. The van der Waals surface area contributed by atoms with Crippen LogP contribution < -0.4 is 15.2 Å². The van der Waals surface area contributed by atoms with Crippen LogP contribution in [0.3, 0.4) is 0 Å². The predicted octanol–water partition coefficient (Wildman–Crippen LogP) is 3.17. The number of rotatable bonds is 4. The monoisotopic (exact) mass is 294 g/mol. The van der Waals surface area contributed by atoms with Crippen LogP contribution in [0, 0.1) is 0 Å². The maximum atomic E-state index is 12.4. The number of hydrogen-bond acceptors (Lipinski definition) is 3. The Kier molecular flexibility index (Phi) is 3.83. The summed E-state index contributed by atoms with van der Waals surface area (Å²) in [5.74, 6) is 0.673. The van der Waals surface area contributed by atoms with Gasteiger partial charge in [0.25, 0.3) is 5.56 Å². The highest BCUT2D eigenvalue weighted by Gasteiger charge is 2.10. The summed E-state index contributed by atoms with van der Waals surface area (Å²) >= 11 is 0. The molecule has 0 atom stereocenters. The Hall–Kier alpha value is -2.75. The Morgan fingerprint density at radius 3 is 2.59 bits per heavy atom. The third-order valence-electron chi connectivity index (χ3n) is 3.72. The van der Waals surface area contributed by atoms with E-state index in [1.165, 1.54) is 0 Å². The molecule has 0 unspecified atom stereocenters. The highest BCUT2D eigenvalue weighted by molar-refractivity contribution is 5.86. The normalized spacial score (nSPS) is 10.6. The first-order valence-electron chi connectivity index (χ1n) is 7.14. The summed E-state index contributed by atoms with van der Waals surface area (Å²) in [6, 6.07) is 17.7. The van der Waals surface area contributed by atoms with Crippen molar-refractivity contribution in [1.29, 1.82) is 0 Å². The largest absolute Gasteiger partial charge is 0.495 e. The summed E-state index contributed by atoms with van der Waals surface area (Å²) < 4.78 is 5.29. The van der Waals surface area contributed by atoms with Crippen molar-refractivity contribution in [3.05, 3.63) is 70.5 Å². The predicted molar refractivity (Wildman–Crippen MR) is 89.7 cm³/mol. The van der Waals surface area contributed by atoms with E-state index in [0.717, 1.165) is 16.5 Å². The molecule has 0 aliphatic carbocycles. The molecule has 1 aromatic heterocycles. The van der Waals surface area contributed by atoms with E-state index in [0.29, 0.717) is 18.0 Å². The number of nitrogens with zero attached hydrogens (tertiary/aromatic N) is 1. The van der Waals surface area contributed by atoms with E-state index in [9.17, 15) is 4.79 Å². The van der Waals surface area contributed by atoms with Crippen LogP contribution in [-0.2, 0) is 6.54 Å². The molecule has 112 valence electrons. The Morgan fingerprint density at radius 2 is 1.86 bits per heavy atom. The lowest BCUT2D eigenvalue weighted by Crippen LogP contribution is -2.24. The number of nitrogens with one attached hydrogen (secondary N) is 1. The first kappa shape index (κ1) is 14.2. The molecule has 0 saturated carbocycles. The van der Waals surface area contributed by atoms with Crippen molar-refractivity contribution in [2.75, 3.05) is 19.1 Å². The molecule has 1 N–H and O–H groups in total. The molecule has 0 amide bonds. The number of methoxy groups -OCH3 is 1. The van der Waals surface area contributed by atoms with E-state index >= 15 is 0 Å². The number of ether oxygens (including phenoxy) is 1. The van der Waals surface area contributed by atoms with E-state index in [-0.39, 0.29) is 5.56 Å². The number of benzene rings is 2. The van der Waals surface area contributed by atoms with Crippen LogP contribution in [-0.4, -0.2) is 19.1 Å². The number of fused-ring (bicyclic) bond motifs is 1. The molecule has 22 heavy (non-hydrogen) atoms. The third kappa shape index (κ3) is 2.68. The Bertz CT molecular complexity index is 841. The Labute approximate surface area is 129 Å². The van der Waals surface area contributed by atoms with Gasteiger partial charge in [0.05, 0.1) is 12.6 Å². The molecule has 0 spiro atoms. The number of anilines is 1. The first-order chi connectivity index (χ1) is 10.7. The Morgan fingerprint density at radius 1 is 1.09 bits per heavy atom. The van der Waals surface area contributed by atoms with Gasteiger partial charge in [-0.25, -0.2) is 0 Å². The maximum Gasteiger partial charge on any atom is 0.272 e.